The smallest absolute Gasteiger partial charge is 0.0480 e. The van der Waals surface area contributed by atoms with Crippen molar-refractivity contribution in [3.05, 3.63) is 36.0 Å². The average Bonchev–Trinajstić information content (AvgIpc) is 2.69. The summed E-state index contributed by atoms with van der Waals surface area (Å²) < 4.78 is 2.16. The second kappa shape index (κ2) is 8.86. The first kappa shape index (κ1) is 15.8. The van der Waals surface area contributed by atoms with Gasteiger partial charge < -0.3 is 4.57 Å². The van der Waals surface area contributed by atoms with E-state index in [1.165, 1.54) is 29.3 Å². The van der Waals surface area contributed by atoms with Crippen molar-refractivity contribution in [3.8, 4) is 0 Å². The summed E-state index contributed by atoms with van der Waals surface area (Å²) in [5, 5.41) is 1.36. The summed E-state index contributed by atoms with van der Waals surface area (Å²) in [5.74, 6) is 0. The highest BCUT2D eigenvalue weighted by Gasteiger charge is 1.98. The number of hydrogen-bond donors (Lipinski definition) is 0. The Morgan fingerprint density at radius 1 is 1.00 bits per heavy atom. The first-order valence-electron chi connectivity index (χ1n) is 6.71. The van der Waals surface area contributed by atoms with Gasteiger partial charge in [0.15, 0.2) is 0 Å². The molecule has 0 fully saturated rings. The van der Waals surface area contributed by atoms with Crippen LogP contribution < -0.4 is 0 Å². The molecule has 96 valence electrons. The first-order valence-corrected chi connectivity index (χ1v) is 6.71. The molecule has 0 aliphatic heterocycles. The molecular weight excluding hydrogens is 206 g/mol. The first-order chi connectivity index (χ1) is 8.20. The van der Waals surface area contributed by atoms with E-state index in [2.05, 4.69) is 62.8 Å². The maximum Gasteiger partial charge on any atom is 0.0480 e. The Morgan fingerprint density at radius 2 is 1.53 bits per heavy atom. The molecule has 0 spiro atoms. The second-order valence-electron chi connectivity index (χ2n) is 3.94. The van der Waals surface area contributed by atoms with E-state index in [9.17, 15) is 0 Å². The second-order valence-corrected chi connectivity index (χ2v) is 3.94. The van der Waals surface area contributed by atoms with E-state index in [0.717, 1.165) is 0 Å². The summed E-state index contributed by atoms with van der Waals surface area (Å²) in [6.07, 6.45) is 4.80. The minimum atomic E-state index is 1.31. The Labute approximate surface area is 106 Å². The van der Waals surface area contributed by atoms with Crippen LogP contribution in [0.5, 0.6) is 0 Å². The molecule has 0 N–H and O–H groups in total. The van der Waals surface area contributed by atoms with Gasteiger partial charge in [-0.05, 0) is 18.6 Å². The average molecular weight is 233 g/mol. The molecule has 17 heavy (non-hydrogen) atoms. The van der Waals surface area contributed by atoms with Crippen molar-refractivity contribution in [3.63, 3.8) is 0 Å². The highest BCUT2D eigenvalue weighted by Crippen LogP contribution is 2.18. The Bertz CT molecular complexity index is 374. The molecule has 0 radical (unpaired) electrons. The third-order valence-electron chi connectivity index (χ3n) is 2.60. The molecule has 2 aromatic rings. The zero-order valence-corrected chi connectivity index (χ0v) is 12.2. The molecule has 0 amide bonds. The molecule has 0 aliphatic rings. The summed E-state index contributed by atoms with van der Waals surface area (Å²) in [6.45, 7) is 10.5. The molecule has 0 bridgehead atoms. The van der Waals surface area contributed by atoms with Gasteiger partial charge in [-0.15, -0.1) is 0 Å². The van der Waals surface area contributed by atoms with Crippen molar-refractivity contribution < 1.29 is 0 Å². The molecule has 0 saturated carbocycles. The largest absolute Gasteiger partial charge is 0.350 e. The lowest BCUT2D eigenvalue weighted by atomic mass is 10.2. The highest BCUT2D eigenvalue weighted by molar-refractivity contribution is 5.83. The summed E-state index contributed by atoms with van der Waals surface area (Å²) >= 11 is 0. The molecule has 1 aromatic heterocycles. The van der Waals surface area contributed by atoms with Gasteiger partial charge in [-0.3, -0.25) is 0 Å². The van der Waals surface area contributed by atoms with Gasteiger partial charge in [-0.25, -0.2) is 0 Å². The minimum absolute atomic E-state index is 1.31. The van der Waals surface area contributed by atoms with Crippen LogP contribution in [0.25, 0.3) is 10.9 Å². The van der Waals surface area contributed by atoms with Crippen molar-refractivity contribution in [2.24, 2.45) is 7.05 Å². The van der Waals surface area contributed by atoms with Crippen LogP contribution in [0, 0.1) is 6.92 Å². The summed E-state index contributed by atoms with van der Waals surface area (Å²) in [5.41, 5.74) is 2.66. The molecular formula is C16H27N. The topological polar surface area (TPSA) is 4.93 Å². The van der Waals surface area contributed by atoms with E-state index < -0.39 is 0 Å². The monoisotopic (exact) mass is 233 g/mol. The van der Waals surface area contributed by atoms with Crippen LogP contribution in [-0.2, 0) is 7.05 Å². The van der Waals surface area contributed by atoms with Crippen molar-refractivity contribution in [2.45, 2.75) is 47.5 Å². The number of rotatable bonds is 1. The van der Waals surface area contributed by atoms with Gasteiger partial charge in [0.25, 0.3) is 0 Å². The molecule has 1 heteroatoms. The van der Waals surface area contributed by atoms with Crippen molar-refractivity contribution >= 4 is 10.9 Å². The third kappa shape index (κ3) is 4.64. The van der Waals surface area contributed by atoms with E-state index in [1.807, 2.05) is 13.8 Å². The van der Waals surface area contributed by atoms with E-state index >= 15 is 0 Å². The summed E-state index contributed by atoms with van der Waals surface area (Å²) in [6, 6.07) is 8.45. The predicted molar refractivity (Wildman–Crippen MR) is 79.6 cm³/mol. The Kier molecular flexibility index (Phi) is 8.21. The highest BCUT2D eigenvalue weighted by atomic mass is 14.9. The number of aryl methyl sites for hydroxylation is 2. The van der Waals surface area contributed by atoms with Gasteiger partial charge in [0.05, 0.1) is 0 Å². The number of nitrogens with zero attached hydrogens (tertiary/aromatic N) is 1. The van der Waals surface area contributed by atoms with Crippen LogP contribution in [0.4, 0.5) is 0 Å². The number of para-hydroxylation sites is 1. The number of benzene rings is 1. The maximum atomic E-state index is 2.18. The lowest BCUT2D eigenvalue weighted by molar-refractivity contribution is 0.886. The van der Waals surface area contributed by atoms with Gasteiger partial charge in [0, 0.05) is 24.1 Å². The number of fused-ring (bicyclic) bond motifs is 1. The quantitative estimate of drug-likeness (QED) is 0.628. The van der Waals surface area contributed by atoms with Gasteiger partial charge in [-0.2, -0.15) is 0 Å². The SMILES string of the molecule is CC.CCCC.Cc1cn(C)c2ccccc12. The van der Waals surface area contributed by atoms with Crippen LogP contribution >= 0.6 is 0 Å². The zero-order valence-electron chi connectivity index (χ0n) is 12.2. The standard InChI is InChI=1S/C10H11N.C4H10.C2H6/c1-8-7-11(2)10-6-4-3-5-9(8)10;1-3-4-2;1-2/h3-7H,1-2H3;3-4H2,1-2H3;1-2H3. The number of aromatic nitrogens is 1. The fourth-order valence-electron chi connectivity index (χ4n) is 1.54. The molecule has 0 unspecified atom stereocenters. The number of hydrogen-bond acceptors (Lipinski definition) is 0. The van der Waals surface area contributed by atoms with Gasteiger partial charge in [0.1, 0.15) is 0 Å². The lowest BCUT2D eigenvalue weighted by Crippen LogP contribution is -1.81. The minimum Gasteiger partial charge on any atom is -0.350 e. The zero-order chi connectivity index (χ0) is 13.3. The van der Waals surface area contributed by atoms with E-state index in [0.29, 0.717) is 0 Å². The van der Waals surface area contributed by atoms with Crippen LogP contribution in [0.2, 0.25) is 0 Å². The Balaban J connectivity index is 0.000000368. The number of unbranched alkanes of at least 4 members (excludes halogenated alkanes) is 1. The lowest BCUT2D eigenvalue weighted by Gasteiger charge is -1.92. The van der Waals surface area contributed by atoms with Gasteiger partial charge in [-0.1, -0.05) is 58.7 Å². The molecule has 0 aliphatic carbocycles. The van der Waals surface area contributed by atoms with E-state index in [4.69, 9.17) is 0 Å². The van der Waals surface area contributed by atoms with Crippen LogP contribution in [0.15, 0.2) is 30.5 Å². The van der Waals surface area contributed by atoms with Crippen molar-refractivity contribution in [1.29, 1.82) is 0 Å². The van der Waals surface area contributed by atoms with Gasteiger partial charge >= 0.3 is 0 Å². The predicted octanol–water partition coefficient (Wildman–Crippen LogP) is 5.32. The molecule has 0 saturated heterocycles. The fourth-order valence-corrected chi connectivity index (χ4v) is 1.54. The van der Waals surface area contributed by atoms with Crippen LogP contribution in [0.1, 0.15) is 46.1 Å². The van der Waals surface area contributed by atoms with Crippen molar-refractivity contribution in [2.75, 3.05) is 0 Å². The van der Waals surface area contributed by atoms with Crippen molar-refractivity contribution in [1.82, 2.24) is 4.57 Å². The fraction of sp³-hybridized carbons (Fsp3) is 0.500. The van der Waals surface area contributed by atoms with Crippen LogP contribution in [-0.4, -0.2) is 4.57 Å². The summed E-state index contributed by atoms with van der Waals surface area (Å²) in [4.78, 5) is 0. The maximum absolute atomic E-state index is 2.18. The molecule has 1 nitrogen and oxygen atoms in total. The normalized spacial score (nSPS) is 9.06. The Morgan fingerprint density at radius 3 is 2.00 bits per heavy atom. The molecule has 2 rings (SSSR count). The molecule has 1 aromatic carbocycles. The van der Waals surface area contributed by atoms with E-state index in [1.54, 1.807) is 0 Å². The molecule has 1 heterocycles. The van der Waals surface area contributed by atoms with Crippen LogP contribution in [0.3, 0.4) is 0 Å². The molecule has 0 atom stereocenters. The Hall–Kier alpha value is -1.24. The third-order valence-corrected chi connectivity index (χ3v) is 2.60. The summed E-state index contributed by atoms with van der Waals surface area (Å²) in [7, 11) is 2.08. The van der Waals surface area contributed by atoms with E-state index in [-0.39, 0.29) is 0 Å². The van der Waals surface area contributed by atoms with Gasteiger partial charge in [0.2, 0.25) is 0 Å².